The average molecular weight is 313 g/mol. The summed E-state index contributed by atoms with van der Waals surface area (Å²) in [5.74, 6) is 1.67. The third-order valence-electron chi connectivity index (χ3n) is 3.65. The van der Waals surface area contributed by atoms with Crippen LogP contribution >= 0.6 is 23.1 Å². The Morgan fingerprint density at radius 3 is 3.00 bits per heavy atom. The van der Waals surface area contributed by atoms with Crippen LogP contribution in [0.4, 0.5) is 0 Å². The zero-order valence-electron chi connectivity index (χ0n) is 12.2. The number of hydrogen-bond donors (Lipinski definition) is 1. The van der Waals surface area contributed by atoms with E-state index >= 15 is 0 Å². The molecule has 2 heterocycles. The van der Waals surface area contributed by atoms with Gasteiger partial charge in [-0.1, -0.05) is 0 Å². The maximum Gasteiger partial charge on any atom is 0.220 e. The maximum absolute atomic E-state index is 11.9. The van der Waals surface area contributed by atoms with Crippen LogP contribution in [-0.4, -0.2) is 42.2 Å². The van der Waals surface area contributed by atoms with Gasteiger partial charge in [0.05, 0.1) is 12.2 Å². The highest BCUT2D eigenvalue weighted by Gasteiger charge is 2.19. The van der Waals surface area contributed by atoms with Crippen molar-refractivity contribution in [2.24, 2.45) is 5.92 Å². The number of nitrogens with one attached hydrogen (secondary N) is 1. The summed E-state index contributed by atoms with van der Waals surface area (Å²) in [5, 5.41) is 6.18. The summed E-state index contributed by atoms with van der Waals surface area (Å²) in [6, 6.07) is 0. The molecule has 1 fully saturated rings. The Balaban J connectivity index is 1.69. The highest BCUT2D eigenvalue weighted by atomic mass is 32.2. The van der Waals surface area contributed by atoms with E-state index in [0.29, 0.717) is 18.9 Å². The van der Waals surface area contributed by atoms with E-state index < -0.39 is 0 Å². The van der Waals surface area contributed by atoms with Gasteiger partial charge in [0.25, 0.3) is 0 Å². The monoisotopic (exact) mass is 313 g/mol. The summed E-state index contributed by atoms with van der Waals surface area (Å²) in [6.45, 7) is 2.79. The number of aromatic nitrogens is 1. The van der Waals surface area contributed by atoms with Crippen molar-refractivity contribution < 1.29 is 4.79 Å². The molecule has 0 saturated carbocycles. The minimum atomic E-state index is 0.166. The third kappa shape index (κ3) is 5.07. The van der Waals surface area contributed by atoms with E-state index in [0.717, 1.165) is 42.4 Å². The van der Waals surface area contributed by atoms with E-state index in [-0.39, 0.29) is 5.91 Å². The number of amides is 1. The van der Waals surface area contributed by atoms with Gasteiger partial charge < -0.3 is 10.2 Å². The number of carbonyl (C=O) groups excluding carboxylic acids is 1. The summed E-state index contributed by atoms with van der Waals surface area (Å²) in [5.41, 5.74) is 0.982. The fourth-order valence-corrected chi connectivity index (χ4v) is 3.92. The van der Waals surface area contributed by atoms with Crippen molar-refractivity contribution in [1.29, 1.82) is 0 Å². The molecule has 0 aliphatic carbocycles. The Morgan fingerprint density at radius 1 is 1.55 bits per heavy atom. The summed E-state index contributed by atoms with van der Waals surface area (Å²) >= 11 is 3.45. The van der Waals surface area contributed by atoms with Crippen molar-refractivity contribution in [2.75, 3.05) is 26.4 Å². The minimum absolute atomic E-state index is 0.166. The van der Waals surface area contributed by atoms with Gasteiger partial charge in [-0.25, -0.2) is 4.98 Å². The van der Waals surface area contributed by atoms with Gasteiger partial charge in [0.2, 0.25) is 5.91 Å². The van der Waals surface area contributed by atoms with Crippen molar-refractivity contribution in [2.45, 2.75) is 31.6 Å². The lowest BCUT2D eigenvalue weighted by atomic mass is 9.93. The van der Waals surface area contributed by atoms with Gasteiger partial charge in [-0.3, -0.25) is 4.79 Å². The van der Waals surface area contributed by atoms with Crippen LogP contribution in [0.5, 0.6) is 0 Å². The summed E-state index contributed by atoms with van der Waals surface area (Å²) < 4.78 is 0. The number of thioether (sulfide) groups is 1. The van der Waals surface area contributed by atoms with Crippen molar-refractivity contribution in [3.05, 3.63) is 16.1 Å². The second-order valence-corrected chi connectivity index (χ2v) is 7.20. The predicted octanol–water partition coefficient (Wildman–Crippen LogP) is 2.35. The maximum atomic E-state index is 11.9. The molecule has 1 saturated heterocycles. The first-order valence-corrected chi connectivity index (χ1v) is 9.32. The lowest BCUT2D eigenvalue weighted by Crippen LogP contribution is -2.33. The van der Waals surface area contributed by atoms with Gasteiger partial charge in [-0.2, -0.15) is 11.8 Å². The normalized spacial score (nSPS) is 17.3. The Bertz CT molecular complexity index is 428. The van der Waals surface area contributed by atoms with E-state index in [4.69, 9.17) is 0 Å². The number of thiazole rings is 1. The third-order valence-corrected chi connectivity index (χ3v) is 5.29. The van der Waals surface area contributed by atoms with Crippen LogP contribution in [0.15, 0.2) is 5.38 Å². The lowest BCUT2D eigenvalue weighted by molar-refractivity contribution is -0.122. The molecule has 1 aliphatic rings. The predicted molar refractivity (Wildman–Crippen MR) is 86.0 cm³/mol. The van der Waals surface area contributed by atoms with E-state index in [1.165, 1.54) is 0 Å². The van der Waals surface area contributed by atoms with Crippen LogP contribution in [0.3, 0.4) is 0 Å². The summed E-state index contributed by atoms with van der Waals surface area (Å²) in [4.78, 5) is 18.8. The number of hydrogen-bond acceptors (Lipinski definition) is 5. The Hall–Kier alpha value is -0.590. The number of carbonyl (C=O) groups is 1. The van der Waals surface area contributed by atoms with Gasteiger partial charge in [0, 0.05) is 17.6 Å². The molecular weight excluding hydrogens is 290 g/mol. The lowest BCUT2D eigenvalue weighted by Gasteiger charge is -2.28. The van der Waals surface area contributed by atoms with Crippen molar-refractivity contribution in [1.82, 2.24) is 15.2 Å². The molecule has 4 nitrogen and oxygen atoms in total. The fraction of sp³-hybridized carbons (Fsp3) is 0.714. The molecule has 2 rings (SSSR count). The Morgan fingerprint density at radius 2 is 2.30 bits per heavy atom. The van der Waals surface area contributed by atoms with Crippen molar-refractivity contribution in [3.8, 4) is 0 Å². The molecule has 1 aromatic rings. The minimum Gasteiger partial charge on any atom is -0.350 e. The van der Waals surface area contributed by atoms with Gasteiger partial charge in [-0.15, -0.1) is 11.3 Å². The van der Waals surface area contributed by atoms with Crippen LogP contribution in [0.25, 0.3) is 0 Å². The van der Waals surface area contributed by atoms with Crippen LogP contribution in [0, 0.1) is 5.92 Å². The zero-order valence-corrected chi connectivity index (χ0v) is 13.9. The van der Waals surface area contributed by atoms with Crippen LogP contribution in [-0.2, 0) is 17.1 Å². The standard InChI is InChI=1S/C14H23N3OS2/c1-17-5-3-11(4-6-17)7-13(18)15-8-12-9-20-14(16-12)10-19-2/h9,11H,3-8,10H2,1-2H3,(H,15,18). The van der Waals surface area contributed by atoms with Gasteiger partial charge in [0.1, 0.15) is 5.01 Å². The Labute approximate surface area is 129 Å². The van der Waals surface area contributed by atoms with Gasteiger partial charge >= 0.3 is 0 Å². The van der Waals surface area contributed by atoms with Gasteiger partial charge in [0.15, 0.2) is 0 Å². The summed E-state index contributed by atoms with van der Waals surface area (Å²) in [7, 11) is 2.14. The molecule has 20 heavy (non-hydrogen) atoms. The molecule has 0 aromatic carbocycles. The molecule has 1 N–H and O–H groups in total. The topological polar surface area (TPSA) is 45.2 Å². The van der Waals surface area contributed by atoms with Crippen molar-refractivity contribution >= 4 is 29.0 Å². The zero-order chi connectivity index (χ0) is 14.4. The molecule has 1 aromatic heterocycles. The largest absolute Gasteiger partial charge is 0.350 e. The van der Waals surface area contributed by atoms with E-state index in [1.54, 1.807) is 23.1 Å². The number of rotatable bonds is 6. The fourth-order valence-electron chi connectivity index (χ4n) is 2.41. The van der Waals surface area contributed by atoms with E-state index in [2.05, 4.69) is 28.5 Å². The van der Waals surface area contributed by atoms with Crippen molar-refractivity contribution in [3.63, 3.8) is 0 Å². The Kier molecular flexibility index (Phi) is 6.32. The quantitative estimate of drug-likeness (QED) is 0.876. The SMILES string of the molecule is CSCc1nc(CNC(=O)CC2CCN(C)CC2)cs1. The molecular formula is C14H23N3OS2. The highest BCUT2D eigenvalue weighted by molar-refractivity contribution is 7.97. The smallest absolute Gasteiger partial charge is 0.220 e. The molecule has 6 heteroatoms. The first-order valence-electron chi connectivity index (χ1n) is 7.05. The second kappa shape index (κ2) is 8.00. The molecule has 1 aliphatic heterocycles. The number of nitrogens with zero attached hydrogens (tertiary/aromatic N) is 2. The average Bonchev–Trinajstić information content (AvgIpc) is 2.87. The first-order chi connectivity index (χ1) is 9.67. The van der Waals surface area contributed by atoms with E-state index in [1.807, 2.05) is 5.38 Å². The highest BCUT2D eigenvalue weighted by Crippen LogP contribution is 2.19. The molecule has 0 atom stereocenters. The van der Waals surface area contributed by atoms with Crippen LogP contribution in [0.2, 0.25) is 0 Å². The van der Waals surface area contributed by atoms with E-state index in [9.17, 15) is 4.79 Å². The molecule has 0 spiro atoms. The first kappa shape index (κ1) is 15.8. The number of piperidine rings is 1. The number of likely N-dealkylation sites (tertiary alicyclic amines) is 1. The van der Waals surface area contributed by atoms with Gasteiger partial charge in [-0.05, 0) is 45.2 Å². The molecule has 1 amide bonds. The van der Waals surface area contributed by atoms with Crippen LogP contribution < -0.4 is 5.32 Å². The summed E-state index contributed by atoms with van der Waals surface area (Å²) in [6.07, 6.45) is 5.01. The molecule has 0 bridgehead atoms. The van der Waals surface area contributed by atoms with Crippen LogP contribution in [0.1, 0.15) is 30.0 Å². The second-order valence-electron chi connectivity index (χ2n) is 5.39. The molecule has 0 unspecified atom stereocenters. The molecule has 0 radical (unpaired) electrons. The molecule has 112 valence electrons.